The smallest absolute Gasteiger partial charge is 0.167 e. The maximum Gasteiger partial charge on any atom is 0.167 e. The molecule has 0 aliphatic carbocycles. The van der Waals surface area contributed by atoms with Crippen molar-refractivity contribution in [3.63, 3.8) is 0 Å². The van der Waals surface area contributed by atoms with E-state index in [1.165, 1.54) is 6.07 Å². The maximum absolute atomic E-state index is 13.6. The van der Waals surface area contributed by atoms with Gasteiger partial charge in [0.1, 0.15) is 0 Å². The minimum Gasteiger partial charge on any atom is -0.490 e. The first-order chi connectivity index (χ1) is 9.19. The molecule has 0 fully saturated rings. The third-order valence-corrected chi connectivity index (χ3v) is 2.55. The molecule has 0 aliphatic rings. The Balaban J connectivity index is 2.56. The average Bonchev–Trinajstić information content (AvgIpc) is 2.39. The van der Waals surface area contributed by atoms with Gasteiger partial charge >= 0.3 is 0 Å². The van der Waals surface area contributed by atoms with Crippen LogP contribution >= 0.6 is 0 Å². The van der Waals surface area contributed by atoms with Crippen molar-refractivity contribution in [2.45, 2.75) is 26.7 Å². The summed E-state index contributed by atoms with van der Waals surface area (Å²) in [4.78, 5) is 0. The fourth-order valence-electron chi connectivity index (χ4n) is 1.59. The van der Waals surface area contributed by atoms with E-state index in [1.54, 1.807) is 6.07 Å². The highest BCUT2D eigenvalue weighted by atomic mass is 19.1. The molecule has 0 bridgehead atoms. The predicted molar refractivity (Wildman–Crippen MR) is 76.2 cm³/mol. The molecule has 108 valence electrons. The van der Waals surface area contributed by atoms with E-state index in [-0.39, 0.29) is 5.75 Å². The fraction of sp³-hybridized carbons (Fsp3) is 0.571. The highest BCUT2D eigenvalue weighted by Gasteiger charge is 2.08. The van der Waals surface area contributed by atoms with Crippen molar-refractivity contribution < 1.29 is 13.9 Å². The van der Waals surface area contributed by atoms with Crippen LogP contribution in [0.15, 0.2) is 12.1 Å². The van der Waals surface area contributed by atoms with Crippen LogP contribution in [0.1, 0.15) is 26.7 Å². The van der Waals surface area contributed by atoms with Crippen LogP contribution < -0.4 is 15.8 Å². The maximum atomic E-state index is 13.6. The third-order valence-electron chi connectivity index (χ3n) is 2.55. The molecular formula is C14H23FN2O2. The Labute approximate surface area is 114 Å². The van der Waals surface area contributed by atoms with E-state index in [9.17, 15) is 4.39 Å². The quantitative estimate of drug-likeness (QED) is 0.535. The third kappa shape index (κ3) is 5.34. The minimum atomic E-state index is -0.425. The lowest BCUT2D eigenvalue weighted by molar-refractivity contribution is 0.147. The van der Waals surface area contributed by atoms with Crippen LogP contribution in [0.25, 0.3) is 0 Å². The van der Waals surface area contributed by atoms with E-state index >= 15 is 0 Å². The lowest BCUT2D eigenvalue weighted by atomic mass is 10.2. The molecule has 0 heterocycles. The Morgan fingerprint density at radius 3 is 2.74 bits per heavy atom. The number of hydrogen-bond donors (Lipinski definition) is 2. The van der Waals surface area contributed by atoms with Crippen molar-refractivity contribution in [2.24, 2.45) is 0 Å². The van der Waals surface area contributed by atoms with E-state index in [0.717, 1.165) is 19.4 Å². The van der Waals surface area contributed by atoms with Crippen molar-refractivity contribution in [2.75, 3.05) is 37.4 Å². The van der Waals surface area contributed by atoms with Crippen LogP contribution in [-0.2, 0) is 4.74 Å². The summed E-state index contributed by atoms with van der Waals surface area (Å²) in [6, 6.07) is 2.90. The molecule has 0 unspecified atom stereocenters. The number of hydrogen-bond acceptors (Lipinski definition) is 4. The Hall–Kier alpha value is -1.49. The summed E-state index contributed by atoms with van der Waals surface area (Å²) in [7, 11) is 0. The van der Waals surface area contributed by atoms with Crippen molar-refractivity contribution in [3.8, 4) is 5.75 Å². The number of anilines is 2. The number of nitrogen functional groups attached to an aromatic ring is 1. The number of nitrogens with one attached hydrogen (secondary N) is 1. The lowest BCUT2D eigenvalue weighted by Crippen LogP contribution is -2.08. The van der Waals surface area contributed by atoms with Crippen LogP contribution in [0.4, 0.5) is 15.8 Å². The van der Waals surface area contributed by atoms with E-state index in [2.05, 4.69) is 5.32 Å². The molecule has 1 aromatic rings. The van der Waals surface area contributed by atoms with Gasteiger partial charge in [-0.25, -0.2) is 4.39 Å². The van der Waals surface area contributed by atoms with Crippen LogP contribution in [-0.4, -0.2) is 26.4 Å². The van der Waals surface area contributed by atoms with Gasteiger partial charge in [0.15, 0.2) is 11.6 Å². The second kappa shape index (κ2) is 8.58. The summed E-state index contributed by atoms with van der Waals surface area (Å²) >= 11 is 0. The Kier molecular flexibility index (Phi) is 7.03. The molecule has 0 spiro atoms. The van der Waals surface area contributed by atoms with Gasteiger partial charge in [-0.2, -0.15) is 0 Å². The zero-order valence-electron chi connectivity index (χ0n) is 11.7. The van der Waals surface area contributed by atoms with Crippen molar-refractivity contribution in [1.29, 1.82) is 0 Å². The van der Waals surface area contributed by atoms with Gasteiger partial charge in [0.25, 0.3) is 0 Å². The molecule has 0 radical (unpaired) electrons. The van der Waals surface area contributed by atoms with Gasteiger partial charge in [-0.15, -0.1) is 0 Å². The summed E-state index contributed by atoms with van der Waals surface area (Å²) in [6.07, 6.45) is 1.71. The molecule has 4 nitrogen and oxygen atoms in total. The summed E-state index contributed by atoms with van der Waals surface area (Å²) in [5.74, 6) is -0.186. The van der Waals surface area contributed by atoms with Gasteiger partial charge < -0.3 is 20.5 Å². The molecule has 19 heavy (non-hydrogen) atoms. The van der Waals surface area contributed by atoms with Crippen LogP contribution in [0.2, 0.25) is 0 Å². The molecule has 0 amide bonds. The molecule has 5 heteroatoms. The van der Waals surface area contributed by atoms with Gasteiger partial charge in [0.05, 0.1) is 18.0 Å². The summed E-state index contributed by atoms with van der Waals surface area (Å²) in [5, 5.41) is 3.16. The monoisotopic (exact) mass is 270 g/mol. The highest BCUT2D eigenvalue weighted by molar-refractivity contribution is 5.68. The van der Waals surface area contributed by atoms with Crippen LogP contribution in [0, 0.1) is 5.82 Å². The highest BCUT2D eigenvalue weighted by Crippen LogP contribution is 2.28. The number of benzene rings is 1. The van der Waals surface area contributed by atoms with Gasteiger partial charge in [-0.3, -0.25) is 0 Å². The second-order valence-electron chi connectivity index (χ2n) is 4.20. The molecule has 1 rings (SSSR count). The molecule has 3 N–H and O–H groups in total. The SMILES string of the molecule is CCCOc1cc(NCCCOCC)c(N)cc1F. The Morgan fingerprint density at radius 1 is 1.26 bits per heavy atom. The normalized spacial score (nSPS) is 10.5. The predicted octanol–water partition coefficient (Wildman–Crippen LogP) is 3.04. The van der Waals surface area contributed by atoms with Gasteiger partial charge in [0.2, 0.25) is 0 Å². The van der Waals surface area contributed by atoms with Gasteiger partial charge in [0, 0.05) is 31.9 Å². The standard InChI is InChI=1S/C14H23FN2O2/c1-3-7-19-14-10-13(12(16)9-11(14)15)17-6-5-8-18-4-2/h9-10,17H,3-8,16H2,1-2H3. The first-order valence-electron chi connectivity index (χ1n) is 6.72. The molecule has 0 saturated carbocycles. The topological polar surface area (TPSA) is 56.5 Å². The van der Waals surface area contributed by atoms with E-state index in [1.807, 2.05) is 13.8 Å². The number of nitrogens with two attached hydrogens (primary N) is 1. The van der Waals surface area contributed by atoms with Crippen molar-refractivity contribution in [1.82, 2.24) is 0 Å². The van der Waals surface area contributed by atoms with Gasteiger partial charge in [-0.05, 0) is 19.8 Å². The average molecular weight is 270 g/mol. The molecular weight excluding hydrogens is 247 g/mol. The van der Waals surface area contributed by atoms with Crippen LogP contribution in [0.3, 0.4) is 0 Å². The Bertz CT molecular complexity index is 386. The van der Waals surface area contributed by atoms with Crippen molar-refractivity contribution in [3.05, 3.63) is 17.9 Å². The lowest BCUT2D eigenvalue weighted by Gasteiger charge is -2.13. The zero-order valence-corrected chi connectivity index (χ0v) is 11.7. The number of ether oxygens (including phenoxy) is 2. The molecule has 0 atom stereocenters. The fourth-order valence-corrected chi connectivity index (χ4v) is 1.59. The largest absolute Gasteiger partial charge is 0.490 e. The minimum absolute atomic E-state index is 0.239. The summed E-state index contributed by atoms with van der Waals surface area (Å²) in [6.45, 7) is 6.57. The van der Waals surface area contributed by atoms with Crippen LogP contribution in [0.5, 0.6) is 5.75 Å². The molecule has 1 aromatic carbocycles. The summed E-state index contributed by atoms with van der Waals surface area (Å²) < 4.78 is 24.2. The molecule has 0 aromatic heterocycles. The number of rotatable bonds is 9. The number of halogens is 1. The van der Waals surface area contributed by atoms with E-state index in [4.69, 9.17) is 15.2 Å². The van der Waals surface area contributed by atoms with Gasteiger partial charge in [-0.1, -0.05) is 6.92 Å². The van der Waals surface area contributed by atoms with E-state index < -0.39 is 5.82 Å². The zero-order chi connectivity index (χ0) is 14.1. The van der Waals surface area contributed by atoms with E-state index in [0.29, 0.717) is 31.2 Å². The second-order valence-corrected chi connectivity index (χ2v) is 4.20. The van der Waals surface area contributed by atoms with Crippen molar-refractivity contribution >= 4 is 11.4 Å². The Morgan fingerprint density at radius 2 is 2.05 bits per heavy atom. The first-order valence-corrected chi connectivity index (χ1v) is 6.72. The molecule has 0 saturated heterocycles. The first kappa shape index (κ1) is 15.6. The molecule has 0 aliphatic heterocycles. The summed E-state index contributed by atoms with van der Waals surface area (Å²) in [5.41, 5.74) is 6.86.